The first kappa shape index (κ1) is 38.2. The number of alkyl halides is 6. The number of carboxylic acids is 2. The molecular weight excluding hydrogens is 678 g/mol. The molecule has 2 aromatic rings. The molecule has 2 aliphatic rings. The van der Waals surface area contributed by atoms with Gasteiger partial charge in [0, 0.05) is 45.1 Å². The Balaban J connectivity index is 1.29. The molecule has 1 aromatic carbocycles. The summed E-state index contributed by atoms with van der Waals surface area (Å²) in [5.74, 6) is -4.61. The van der Waals surface area contributed by atoms with Gasteiger partial charge >= 0.3 is 24.3 Å². The van der Waals surface area contributed by atoms with E-state index in [1.807, 2.05) is 0 Å². The highest BCUT2D eigenvalue weighted by Crippen LogP contribution is 2.35. The minimum Gasteiger partial charge on any atom is -0.481 e. The zero-order valence-electron chi connectivity index (χ0n) is 26.9. The van der Waals surface area contributed by atoms with Crippen molar-refractivity contribution in [1.29, 1.82) is 0 Å². The quantitative estimate of drug-likeness (QED) is 0.196. The van der Waals surface area contributed by atoms with Crippen LogP contribution < -0.4 is 20.4 Å². The average molecular weight is 717 g/mol. The number of halogens is 6. The second-order valence-corrected chi connectivity index (χ2v) is 12.4. The number of nitrogens with zero attached hydrogens (tertiary/aromatic N) is 4. The van der Waals surface area contributed by atoms with Gasteiger partial charge in [0.05, 0.1) is 5.56 Å². The summed E-state index contributed by atoms with van der Waals surface area (Å²) in [6.07, 6.45) is -7.00. The first-order valence-corrected chi connectivity index (χ1v) is 16.2. The molecule has 2 atom stereocenters. The molecule has 12 nitrogen and oxygen atoms in total. The molecule has 0 radical (unpaired) electrons. The van der Waals surface area contributed by atoms with Crippen LogP contribution in [0.1, 0.15) is 68.3 Å². The molecule has 3 heterocycles. The first-order valence-electron chi connectivity index (χ1n) is 16.2. The molecule has 0 spiro atoms. The van der Waals surface area contributed by atoms with E-state index in [4.69, 9.17) is 5.11 Å². The Kier molecular flexibility index (Phi) is 12.5. The van der Waals surface area contributed by atoms with Crippen LogP contribution in [0.5, 0.6) is 0 Å². The van der Waals surface area contributed by atoms with Crippen LogP contribution >= 0.6 is 0 Å². The van der Waals surface area contributed by atoms with Gasteiger partial charge in [-0.25, -0.2) is 14.8 Å². The van der Waals surface area contributed by atoms with E-state index in [2.05, 4.69) is 20.6 Å². The third-order valence-electron chi connectivity index (χ3n) is 8.80. The summed E-state index contributed by atoms with van der Waals surface area (Å²) in [6.45, 7) is 1.17. The number of aliphatic carboxylic acids is 2. The Hall–Kier alpha value is -4.64. The molecule has 2 fully saturated rings. The van der Waals surface area contributed by atoms with E-state index < -0.39 is 66.0 Å². The largest absolute Gasteiger partial charge is 0.481 e. The Labute approximate surface area is 283 Å². The molecular formula is C32H38F6N6O6. The Morgan fingerprint density at radius 3 is 2.10 bits per heavy atom. The van der Waals surface area contributed by atoms with E-state index in [-0.39, 0.29) is 49.9 Å². The predicted molar refractivity (Wildman–Crippen MR) is 166 cm³/mol. The summed E-state index contributed by atoms with van der Waals surface area (Å²) in [5, 5.41) is 23.0. The van der Waals surface area contributed by atoms with Crippen LogP contribution in [-0.4, -0.2) is 82.2 Å². The topological polar surface area (TPSA) is 165 Å². The lowest BCUT2D eigenvalue weighted by molar-refractivity contribution is -0.145. The lowest BCUT2D eigenvalue weighted by Crippen LogP contribution is -2.57. The van der Waals surface area contributed by atoms with Crippen LogP contribution in [0.25, 0.3) is 0 Å². The summed E-state index contributed by atoms with van der Waals surface area (Å²) in [5.41, 5.74) is -0.210. The standard InChI is InChI=1S/C32H38F6N6O6/c33-31(34,35)21-6-4-20(5-7-21)10-14-39-28(48)23-13-17-44(23)25-18-24(41-30(42-25)32(36,37)38)43-15-11-19(12-16-43)2-1-3-26(45)40-22(29(49)50)8-9-27(46)47/h4-7,18-19,22-23H,1-3,8-17H2,(H,39,48)(H,40,45)(H,46,47)(H,49,50). The van der Waals surface area contributed by atoms with Gasteiger partial charge in [-0.3, -0.25) is 14.4 Å². The number of rotatable bonds is 15. The van der Waals surface area contributed by atoms with Crippen LogP contribution in [0.2, 0.25) is 0 Å². The molecule has 4 rings (SSSR count). The minimum absolute atomic E-state index is 0.0426. The van der Waals surface area contributed by atoms with Gasteiger partial charge in [-0.2, -0.15) is 26.3 Å². The molecule has 18 heteroatoms. The number of hydrogen-bond acceptors (Lipinski definition) is 8. The molecule has 0 saturated carbocycles. The van der Waals surface area contributed by atoms with Crippen molar-refractivity contribution in [3.8, 4) is 0 Å². The van der Waals surface area contributed by atoms with Crippen LogP contribution in [-0.2, 0) is 38.0 Å². The fraction of sp³-hybridized carbons (Fsp3) is 0.562. The molecule has 4 N–H and O–H groups in total. The van der Waals surface area contributed by atoms with E-state index in [1.165, 1.54) is 23.1 Å². The zero-order chi connectivity index (χ0) is 36.6. The van der Waals surface area contributed by atoms with Gasteiger partial charge in [-0.05, 0) is 68.6 Å². The molecule has 2 unspecified atom stereocenters. The van der Waals surface area contributed by atoms with Crippen LogP contribution in [0, 0.1) is 5.92 Å². The van der Waals surface area contributed by atoms with Crippen LogP contribution in [0.3, 0.4) is 0 Å². The fourth-order valence-corrected chi connectivity index (χ4v) is 5.89. The van der Waals surface area contributed by atoms with Crippen molar-refractivity contribution in [2.45, 2.75) is 82.2 Å². The monoisotopic (exact) mass is 716 g/mol. The highest BCUT2D eigenvalue weighted by atomic mass is 19.4. The highest BCUT2D eigenvalue weighted by Gasteiger charge is 2.40. The number of hydrogen-bond donors (Lipinski definition) is 4. The number of anilines is 2. The summed E-state index contributed by atoms with van der Waals surface area (Å²) >= 11 is 0. The molecule has 2 amide bonds. The van der Waals surface area contributed by atoms with Crippen molar-refractivity contribution >= 4 is 35.4 Å². The third kappa shape index (κ3) is 10.7. The lowest BCUT2D eigenvalue weighted by Gasteiger charge is -2.41. The molecule has 2 saturated heterocycles. The van der Waals surface area contributed by atoms with Gasteiger partial charge in [-0.15, -0.1) is 0 Å². The van der Waals surface area contributed by atoms with Crippen molar-refractivity contribution in [3.63, 3.8) is 0 Å². The van der Waals surface area contributed by atoms with Crippen LogP contribution in [0.15, 0.2) is 30.3 Å². The van der Waals surface area contributed by atoms with E-state index >= 15 is 0 Å². The molecule has 0 aliphatic carbocycles. The van der Waals surface area contributed by atoms with Crippen molar-refractivity contribution < 1.29 is 55.7 Å². The maximum atomic E-state index is 13.8. The fourth-order valence-electron chi connectivity index (χ4n) is 5.89. The molecule has 274 valence electrons. The van der Waals surface area contributed by atoms with E-state index in [0.29, 0.717) is 50.8 Å². The number of carbonyl (C=O) groups excluding carboxylic acids is 2. The number of carboxylic acid groups (broad SMARTS) is 2. The third-order valence-corrected chi connectivity index (χ3v) is 8.80. The number of amides is 2. The Bertz CT molecular complexity index is 1510. The van der Waals surface area contributed by atoms with Gasteiger partial charge < -0.3 is 30.6 Å². The number of benzene rings is 1. The highest BCUT2D eigenvalue weighted by molar-refractivity contribution is 5.87. The summed E-state index contributed by atoms with van der Waals surface area (Å²) < 4.78 is 79.9. The maximum absolute atomic E-state index is 13.8. The van der Waals surface area contributed by atoms with Gasteiger partial charge in [-0.1, -0.05) is 12.1 Å². The number of aromatic nitrogens is 2. The number of piperidine rings is 1. The van der Waals surface area contributed by atoms with Crippen molar-refractivity contribution in [2.24, 2.45) is 5.92 Å². The van der Waals surface area contributed by atoms with Gasteiger partial charge in [0.15, 0.2) is 0 Å². The molecule has 50 heavy (non-hydrogen) atoms. The average Bonchev–Trinajstić information content (AvgIpc) is 3.02. The van der Waals surface area contributed by atoms with Crippen molar-refractivity contribution in [1.82, 2.24) is 20.6 Å². The second-order valence-electron chi connectivity index (χ2n) is 12.4. The number of carbonyl (C=O) groups is 4. The number of nitrogens with one attached hydrogen (secondary N) is 2. The van der Waals surface area contributed by atoms with Gasteiger partial charge in [0.2, 0.25) is 17.6 Å². The predicted octanol–water partition coefficient (Wildman–Crippen LogP) is 4.27. The Morgan fingerprint density at radius 1 is 0.880 bits per heavy atom. The van der Waals surface area contributed by atoms with Gasteiger partial charge in [0.1, 0.15) is 23.7 Å². The molecule has 0 bridgehead atoms. The molecule has 2 aliphatic heterocycles. The minimum atomic E-state index is -4.85. The Morgan fingerprint density at radius 2 is 1.54 bits per heavy atom. The summed E-state index contributed by atoms with van der Waals surface area (Å²) in [4.78, 5) is 57.8. The van der Waals surface area contributed by atoms with Gasteiger partial charge in [0.25, 0.3) is 0 Å². The van der Waals surface area contributed by atoms with Crippen LogP contribution in [0.4, 0.5) is 38.0 Å². The SMILES string of the molecule is O=C(O)CCC(NC(=O)CCCC1CCN(c2cc(N3CCC3C(=O)NCCc3ccc(C(F)(F)F)cc3)nc(C(F)(F)F)n2)CC1)C(=O)O. The van der Waals surface area contributed by atoms with E-state index in [0.717, 1.165) is 12.1 Å². The smallest absolute Gasteiger partial charge is 0.451 e. The van der Waals surface area contributed by atoms with E-state index in [1.54, 1.807) is 4.90 Å². The maximum Gasteiger partial charge on any atom is 0.451 e. The molecule has 1 aromatic heterocycles. The van der Waals surface area contributed by atoms with Crippen molar-refractivity contribution in [3.05, 3.63) is 47.3 Å². The second kappa shape index (κ2) is 16.4. The van der Waals surface area contributed by atoms with Crippen molar-refractivity contribution in [2.75, 3.05) is 36.0 Å². The normalized spacial score (nSPS) is 17.5. The zero-order valence-corrected chi connectivity index (χ0v) is 26.9. The lowest BCUT2D eigenvalue weighted by atomic mass is 9.91. The summed E-state index contributed by atoms with van der Waals surface area (Å²) in [6, 6.07) is 3.88. The summed E-state index contributed by atoms with van der Waals surface area (Å²) in [7, 11) is 0. The first-order chi connectivity index (χ1) is 23.5. The van der Waals surface area contributed by atoms with E-state index in [9.17, 15) is 50.6 Å².